The molecule has 1 N–H and O–H groups in total. The minimum absolute atomic E-state index is 0.266. The van der Waals surface area contributed by atoms with Gasteiger partial charge in [0, 0.05) is 51.7 Å². The van der Waals surface area contributed by atoms with E-state index in [1.54, 1.807) is 0 Å². The largest absolute Gasteiger partial charge is 0.481 e. The van der Waals surface area contributed by atoms with E-state index in [0.717, 1.165) is 70.2 Å². The monoisotopic (exact) mass is 349 g/mol. The zero-order valence-electron chi connectivity index (χ0n) is 15.5. The van der Waals surface area contributed by atoms with Gasteiger partial charge < -0.3 is 14.4 Å². The average Bonchev–Trinajstić information content (AvgIpc) is 2.99. The van der Waals surface area contributed by atoms with Gasteiger partial charge in [-0.1, -0.05) is 0 Å². The second-order valence-electron chi connectivity index (χ2n) is 7.64. The van der Waals surface area contributed by atoms with E-state index >= 15 is 0 Å². The Labute approximate surface area is 150 Å². The maximum absolute atomic E-state index is 11.1. The molecule has 0 aromatic carbocycles. The number of aliphatic carboxylic acids is 1. The third-order valence-corrected chi connectivity index (χ3v) is 5.69. The fourth-order valence-corrected chi connectivity index (χ4v) is 4.26. The van der Waals surface area contributed by atoms with Crippen molar-refractivity contribution in [2.24, 2.45) is 5.92 Å². The third kappa shape index (κ3) is 5.06. The standard InChI is InChI=1S/C19H31N3O3/c1-15-3-5-17(25-15)14-21-8-7-18(16(13-21)4-6-19(23)24)22-11-9-20(2)10-12-22/h3,5,16,18H,4,6-14H2,1-2H3,(H,23,24)/t16-,18+/m0/s1. The van der Waals surface area contributed by atoms with Crippen LogP contribution in [0.1, 0.15) is 30.8 Å². The van der Waals surface area contributed by atoms with Crippen LogP contribution in [0.15, 0.2) is 16.5 Å². The Morgan fingerprint density at radius 3 is 2.64 bits per heavy atom. The van der Waals surface area contributed by atoms with Gasteiger partial charge in [-0.15, -0.1) is 0 Å². The minimum atomic E-state index is -0.684. The molecule has 1 aromatic heterocycles. The smallest absolute Gasteiger partial charge is 0.303 e. The van der Waals surface area contributed by atoms with Crippen molar-refractivity contribution in [3.8, 4) is 0 Å². The molecule has 0 spiro atoms. The highest BCUT2D eigenvalue weighted by Crippen LogP contribution is 2.28. The Kier molecular flexibility index (Phi) is 6.15. The highest BCUT2D eigenvalue weighted by Gasteiger charge is 2.34. The first kappa shape index (κ1) is 18.4. The second-order valence-corrected chi connectivity index (χ2v) is 7.64. The third-order valence-electron chi connectivity index (χ3n) is 5.69. The van der Waals surface area contributed by atoms with Crippen LogP contribution in [0.3, 0.4) is 0 Å². The van der Waals surface area contributed by atoms with Gasteiger partial charge in [0.1, 0.15) is 11.5 Å². The summed E-state index contributed by atoms with van der Waals surface area (Å²) >= 11 is 0. The van der Waals surface area contributed by atoms with Gasteiger partial charge in [0.25, 0.3) is 0 Å². The molecule has 2 saturated heterocycles. The van der Waals surface area contributed by atoms with Crippen LogP contribution in [-0.4, -0.2) is 78.1 Å². The molecule has 2 atom stereocenters. The summed E-state index contributed by atoms with van der Waals surface area (Å²) in [6.45, 7) is 9.23. The SMILES string of the molecule is Cc1ccc(CN2CC[C@@H](N3CCN(C)CC3)[C@@H](CCC(=O)O)C2)o1. The van der Waals surface area contributed by atoms with Crippen LogP contribution in [0.5, 0.6) is 0 Å². The van der Waals surface area contributed by atoms with Crippen LogP contribution < -0.4 is 0 Å². The molecule has 0 aliphatic carbocycles. The molecule has 6 nitrogen and oxygen atoms in total. The first-order valence-electron chi connectivity index (χ1n) is 9.43. The fraction of sp³-hybridized carbons (Fsp3) is 0.737. The normalized spacial score (nSPS) is 26.8. The molecule has 25 heavy (non-hydrogen) atoms. The number of hydrogen-bond acceptors (Lipinski definition) is 5. The fourth-order valence-electron chi connectivity index (χ4n) is 4.26. The van der Waals surface area contributed by atoms with Gasteiger partial charge in [0.15, 0.2) is 0 Å². The summed E-state index contributed by atoms with van der Waals surface area (Å²) in [6.07, 6.45) is 2.15. The number of carboxylic acid groups (broad SMARTS) is 1. The number of furan rings is 1. The van der Waals surface area contributed by atoms with Crippen molar-refractivity contribution in [2.45, 2.75) is 38.8 Å². The Morgan fingerprint density at radius 2 is 2.00 bits per heavy atom. The molecule has 0 radical (unpaired) electrons. The van der Waals surface area contributed by atoms with E-state index in [0.29, 0.717) is 12.0 Å². The lowest BCUT2D eigenvalue weighted by Gasteiger charge is -2.46. The zero-order chi connectivity index (χ0) is 17.8. The van der Waals surface area contributed by atoms with E-state index in [9.17, 15) is 4.79 Å². The van der Waals surface area contributed by atoms with Crippen molar-refractivity contribution in [3.05, 3.63) is 23.7 Å². The quantitative estimate of drug-likeness (QED) is 0.846. The van der Waals surface area contributed by atoms with Gasteiger partial charge in [-0.25, -0.2) is 0 Å². The van der Waals surface area contributed by atoms with Crippen LogP contribution >= 0.6 is 0 Å². The summed E-state index contributed by atoms with van der Waals surface area (Å²) in [7, 11) is 2.17. The summed E-state index contributed by atoms with van der Waals surface area (Å²) in [4.78, 5) is 18.5. The Balaban J connectivity index is 1.61. The molecule has 2 fully saturated rings. The molecule has 0 amide bonds. The van der Waals surface area contributed by atoms with Crippen molar-refractivity contribution in [1.82, 2.24) is 14.7 Å². The van der Waals surface area contributed by atoms with Crippen molar-refractivity contribution in [3.63, 3.8) is 0 Å². The van der Waals surface area contributed by atoms with Gasteiger partial charge in [-0.2, -0.15) is 0 Å². The Morgan fingerprint density at radius 1 is 1.24 bits per heavy atom. The zero-order valence-corrected chi connectivity index (χ0v) is 15.5. The van der Waals surface area contributed by atoms with E-state index < -0.39 is 5.97 Å². The number of nitrogens with zero attached hydrogens (tertiary/aromatic N) is 3. The summed E-state index contributed by atoms with van der Waals surface area (Å²) in [5, 5.41) is 9.13. The van der Waals surface area contributed by atoms with Crippen molar-refractivity contribution >= 4 is 5.97 Å². The van der Waals surface area contributed by atoms with E-state index in [1.165, 1.54) is 0 Å². The molecular formula is C19H31N3O3. The minimum Gasteiger partial charge on any atom is -0.481 e. The molecule has 0 bridgehead atoms. The number of likely N-dealkylation sites (N-methyl/N-ethyl adjacent to an activating group) is 1. The van der Waals surface area contributed by atoms with Crippen LogP contribution in [0, 0.1) is 12.8 Å². The van der Waals surface area contributed by atoms with Crippen molar-refractivity contribution in [1.29, 1.82) is 0 Å². The number of hydrogen-bond donors (Lipinski definition) is 1. The molecule has 3 rings (SSSR count). The van der Waals surface area contributed by atoms with Crippen LogP contribution in [0.25, 0.3) is 0 Å². The molecule has 2 aliphatic heterocycles. The van der Waals surface area contributed by atoms with Crippen LogP contribution in [0.2, 0.25) is 0 Å². The van der Waals surface area contributed by atoms with E-state index in [-0.39, 0.29) is 6.42 Å². The lowest BCUT2D eigenvalue weighted by atomic mass is 9.86. The van der Waals surface area contributed by atoms with Gasteiger partial charge in [-0.05, 0) is 44.9 Å². The number of likely N-dealkylation sites (tertiary alicyclic amines) is 1. The van der Waals surface area contributed by atoms with E-state index in [1.807, 2.05) is 19.1 Å². The van der Waals surface area contributed by atoms with Crippen molar-refractivity contribution in [2.75, 3.05) is 46.3 Å². The first-order chi connectivity index (χ1) is 12.0. The lowest BCUT2D eigenvalue weighted by molar-refractivity contribution is -0.137. The maximum Gasteiger partial charge on any atom is 0.303 e. The summed E-state index contributed by atoms with van der Waals surface area (Å²) < 4.78 is 5.72. The number of piperidine rings is 1. The van der Waals surface area contributed by atoms with E-state index in [2.05, 4.69) is 21.7 Å². The molecular weight excluding hydrogens is 318 g/mol. The highest BCUT2D eigenvalue weighted by molar-refractivity contribution is 5.66. The predicted molar refractivity (Wildman–Crippen MR) is 96.6 cm³/mol. The van der Waals surface area contributed by atoms with Crippen LogP contribution in [0.4, 0.5) is 0 Å². The summed E-state index contributed by atoms with van der Waals surface area (Å²) in [5.74, 6) is 1.69. The number of carboxylic acids is 1. The van der Waals surface area contributed by atoms with Gasteiger partial charge in [0.2, 0.25) is 0 Å². The lowest BCUT2D eigenvalue weighted by Crippen LogP contribution is -2.56. The molecule has 6 heteroatoms. The number of piperazine rings is 1. The molecule has 1 aromatic rings. The maximum atomic E-state index is 11.1. The van der Waals surface area contributed by atoms with Gasteiger partial charge >= 0.3 is 5.97 Å². The van der Waals surface area contributed by atoms with E-state index in [4.69, 9.17) is 9.52 Å². The highest BCUT2D eigenvalue weighted by atomic mass is 16.4. The van der Waals surface area contributed by atoms with Gasteiger partial charge in [0.05, 0.1) is 6.54 Å². The second kappa shape index (κ2) is 8.34. The number of carbonyl (C=O) groups is 1. The Bertz CT molecular complexity index is 566. The van der Waals surface area contributed by atoms with Crippen LogP contribution in [-0.2, 0) is 11.3 Å². The van der Waals surface area contributed by atoms with Crippen molar-refractivity contribution < 1.29 is 14.3 Å². The Hall–Kier alpha value is -1.37. The number of aryl methyl sites for hydroxylation is 1. The molecule has 0 unspecified atom stereocenters. The summed E-state index contributed by atoms with van der Waals surface area (Å²) in [6, 6.07) is 4.57. The summed E-state index contributed by atoms with van der Waals surface area (Å²) in [5.41, 5.74) is 0. The molecule has 2 aliphatic rings. The van der Waals surface area contributed by atoms with Gasteiger partial charge in [-0.3, -0.25) is 14.6 Å². The molecule has 3 heterocycles. The topological polar surface area (TPSA) is 60.2 Å². The number of rotatable bonds is 6. The molecule has 0 saturated carbocycles. The average molecular weight is 349 g/mol. The molecule has 140 valence electrons. The first-order valence-corrected chi connectivity index (χ1v) is 9.43. The predicted octanol–water partition coefficient (Wildman–Crippen LogP) is 1.89.